The maximum Gasteiger partial charge on any atom is 0.243 e. The molecule has 1 saturated carbocycles. The van der Waals surface area contributed by atoms with Gasteiger partial charge in [-0.15, -0.1) is 0 Å². The van der Waals surface area contributed by atoms with Crippen LogP contribution in [0.15, 0.2) is 35.4 Å². The number of rotatable bonds is 4. The molecule has 1 fully saturated rings. The Kier molecular flexibility index (Phi) is 5.33. The van der Waals surface area contributed by atoms with Gasteiger partial charge >= 0.3 is 0 Å². The number of hydrazone groups is 1. The van der Waals surface area contributed by atoms with E-state index in [1.165, 1.54) is 6.42 Å². The van der Waals surface area contributed by atoms with Crippen LogP contribution in [0, 0.1) is 11.8 Å². The van der Waals surface area contributed by atoms with Gasteiger partial charge in [-0.05, 0) is 24.3 Å². The van der Waals surface area contributed by atoms with Crippen molar-refractivity contribution in [1.29, 1.82) is 0 Å². The molecule has 0 heterocycles. The summed E-state index contributed by atoms with van der Waals surface area (Å²) in [5.41, 5.74) is 4.80. The molecule has 20 heavy (non-hydrogen) atoms. The Morgan fingerprint density at radius 3 is 2.40 bits per heavy atom. The van der Waals surface area contributed by atoms with Crippen LogP contribution in [0.4, 0.5) is 0 Å². The van der Waals surface area contributed by atoms with Gasteiger partial charge in [0.15, 0.2) is 0 Å². The molecule has 1 aromatic rings. The second-order valence-electron chi connectivity index (χ2n) is 5.83. The fourth-order valence-corrected chi connectivity index (χ4v) is 2.71. The average molecular weight is 272 g/mol. The third-order valence-electron chi connectivity index (χ3n) is 3.88. The maximum absolute atomic E-state index is 12.1. The topological polar surface area (TPSA) is 41.5 Å². The van der Waals surface area contributed by atoms with E-state index in [9.17, 15) is 4.79 Å². The third kappa shape index (κ3) is 3.92. The van der Waals surface area contributed by atoms with E-state index in [0.717, 1.165) is 37.0 Å². The highest BCUT2D eigenvalue weighted by Crippen LogP contribution is 2.23. The van der Waals surface area contributed by atoms with E-state index in [2.05, 4.69) is 24.4 Å². The van der Waals surface area contributed by atoms with E-state index >= 15 is 0 Å². The van der Waals surface area contributed by atoms with Crippen LogP contribution in [0.3, 0.4) is 0 Å². The summed E-state index contributed by atoms with van der Waals surface area (Å²) in [7, 11) is 0. The Morgan fingerprint density at radius 1 is 1.15 bits per heavy atom. The highest BCUT2D eigenvalue weighted by molar-refractivity contribution is 6.02. The van der Waals surface area contributed by atoms with Crippen LogP contribution in [0.2, 0.25) is 0 Å². The molecule has 0 spiro atoms. The fraction of sp³-hybridized carbons (Fsp3) is 0.529. The summed E-state index contributed by atoms with van der Waals surface area (Å²) in [6, 6.07) is 10.0. The fourth-order valence-electron chi connectivity index (χ4n) is 2.71. The predicted octanol–water partition coefficient (Wildman–Crippen LogP) is 3.74. The van der Waals surface area contributed by atoms with Crippen molar-refractivity contribution in [2.45, 2.75) is 46.0 Å². The molecule has 0 saturated heterocycles. The molecular formula is C17H24N2O. The monoisotopic (exact) mass is 272 g/mol. The van der Waals surface area contributed by atoms with Gasteiger partial charge in [-0.3, -0.25) is 4.79 Å². The molecular weight excluding hydrogens is 248 g/mol. The Labute approximate surface area is 121 Å². The maximum atomic E-state index is 12.1. The normalized spacial score (nSPS) is 17.2. The number of carbonyl (C=O) groups excluding carboxylic acids is 1. The van der Waals surface area contributed by atoms with Crippen LogP contribution in [0.1, 0.15) is 51.5 Å². The molecule has 0 unspecified atom stereocenters. The quantitative estimate of drug-likeness (QED) is 0.658. The van der Waals surface area contributed by atoms with Crippen molar-refractivity contribution in [3.8, 4) is 0 Å². The van der Waals surface area contributed by atoms with E-state index in [1.54, 1.807) is 0 Å². The Morgan fingerprint density at radius 2 is 1.80 bits per heavy atom. The van der Waals surface area contributed by atoms with Crippen LogP contribution in [0.5, 0.6) is 0 Å². The third-order valence-corrected chi connectivity index (χ3v) is 3.88. The number of amides is 1. The molecule has 1 amide bonds. The van der Waals surface area contributed by atoms with Crippen molar-refractivity contribution >= 4 is 11.6 Å². The first-order valence-corrected chi connectivity index (χ1v) is 7.61. The van der Waals surface area contributed by atoms with Crippen molar-refractivity contribution in [1.82, 2.24) is 5.43 Å². The van der Waals surface area contributed by atoms with Gasteiger partial charge in [0.25, 0.3) is 0 Å². The lowest BCUT2D eigenvalue weighted by Crippen LogP contribution is -2.30. The zero-order valence-electron chi connectivity index (χ0n) is 12.4. The smallest absolute Gasteiger partial charge is 0.243 e. The first-order valence-electron chi connectivity index (χ1n) is 7.61. The van der Waals surface area contributed by atoms with Gasteiger partial charge in [0, 0.05) is 5.92 Å². The van der Waals surface area contributed by atoms with E-state index in [1.807, 2.05) is 30.3 Å². The lowest BCUT2D eigenvalue weighted by molar-refractivity contribution is -0.125. The van der Waals surface area contributed by atoms with Gasteiger partial charge in [-0.2, -0.15) is 5.10 Å². The van der Waals surface area contributed by atoms with Crippen molar-refractivity contribution in [3.05, 3.63) is 35.9 Å². The lowest BCUT2D eigenvalue weighted by Gasteiger charge is -2.20. The molecule has 1 aliphatic carbocycles. The number of benzene rings is 1. The zero-order chi connectivity index (χ0) is 14.4. The van der Waals surface area contributed by atoms with E-state index < -0.39 is 0 Å². The van der Waals surface area contributed by atoms with Gasteiger partial charge < -0.3 is 0 Å². The first-order chi connectivity index (χ1) is 9.68. The molecule has 3 nitrogen and oxygen atoms in total. The molecule has 0 aliphatic heterocycles. The van der Waals surface area contributed by atoms with E-state index in [-0.39, 0.29) is 17.7 Å². The molecule has 1 aromatic carbocycles. The highest BCUT2D eigenvalue weighted by atomic mass is 16.2. The van der Waals surface area contributed by atoms with E-state index in [0.29, 0.717) is 0 Å². The Hall–Kier alpha value is -1.64. The van der Waals surface area contributed by atoms with Crippen molar-refractivity contribution in [3.63, 3.8) is 0 Å². The van der Waals surface area contributed by atoms with Gasteiger partial charge in [0.05, 0.1) is 5.71 Å². The summed E-state index contributed by atoms with van der Waals surface area (Å²) in [6.07, 6.45) is 5.59. The second-order valence-corrected chi connectivity index (χ2v) is 5.83. The number of carbonyl (C=O) groups is 1. The van der Waals surface area contributed by atoms with Crippen LogP contribution in [-0.4, -0.2) is 11.6 Å². The summed E-state index contributed by atoms with van der Waals surface area (Å²) in [6.45, 7) is 4.19. The number of nitrogens with one attached hydrogen (secondary N) is 1. The summed E-state index contributed by atoms with van der Waals surface area (Å²) in [5.74, 6) is 0.513. The van der Waals surface area contributed by atoms with Gasteiger partial charge in [-0.25, -0.2) is 5.43 Å². The summed E-state index contributed by atoms with van der Waals surface area (Å²) >= 11 is 0. The molecule has 3 heteroatoms. The van der Waals surface area contributed by atoms with E-state index in [4.69, 9.17) is 0 Å². The summed E-state index contributed by atoms with van der Waals surface area (Å²) in [4.78, 5) is 12.1. The average Bonchev–Trinajstić information content (AvgIpc) is 2.49. The number of hydrogen-bond acceptors (Lipinski definition) is 2. The largest absolute Gasteiger partial charge is 0.273 e. The molecule has 0 bridgehead atoms. The minimum atomic E-state index is 0.0822. The number of nitrogens with zero attached hydrogens (tertiary/aromatic N) is 1. The molecule has 2 rings (SSSR count). The van der Waals surface area contributed by atoms with Crippen LogP contribution >= 0.6 is 0 Å². The van der Waals surface area contributed by atoms with Crippen molar-refractivity contribution in [2.75, 3.05) is 0 Å². The second kappa shape index (κ2) is 7.22. The molecule has 1 aliphatic rings. The lowest BCUT2D eigenvalue weighted by atomic mass is 9.89. The molecule has 108 valence electrons. The van der Waals surface area contributed by atoms with Gasteiger partial charge in [0.2, 0.25) is 5.91 Å². The first kappa shape index (κ1) is 14.8. The predicted molar refractivity (Wildman–Crippen MR) is 82.5 cm³/mol. The minimum absolute atomic E-state index is 0.0822. The van der Waals surface area contributed by atoms with Crippen molar-refractivity contribution in [2.24, 2.45) is 16.9 Å². The standard InChI is InChI=1S/C17H24N2O/c1-13(2)16(14-9-5-3-6-10-14)18-19-17(20)15-11-7-4-8-12-15/h3,5-6,9-10,13,15H,4,7-8,11-12H2,1-2H3,(H,19,20). The van der Waals surface area contributed by atoms with Crippen LogP contribution in [-0.2, 0) is 4.79 Å². The van der Waals surface area contributed by atoms with Crippen molar-refractivity contribution < 1.29 is 4.79 Å². The zero-order valence-corrected chi connectivity index (χ0v) is 12.4. The van der Waals surface area contributed by atoms with Gasteiger partial charge in [0.1, 0.15) is 0 Å². The Balaban J connectivity index is 2.04. The minimum Gasteiger partial charge on any atom is -0.273 e. The van der Waals surface area contributed by atoms with Crippen LogP contribution < -0.4 is 5.43 Å². The molecule has 0 aromatic heterocycles. The van der Waals surface area contributed by atoms with Crippen LogP contribution in [0.25, 0.3) is 0 Å². The molecule has 0 atom stereocenters. The summed E-state index contributed by atoms with van der Waals surface area (Å²) < 4.78 is 0. The number of hydrogen-bond donors (Lipinski definition) is 1. The molecule has 0 radical (unpaired) electrons. The molecule has 1 N–H and O–H groups in total. The highest BCUT2D eigenvalue weighted by Gasteiger charge is 2.21. The summed E-state index contributed by atoms with van der Waals surface area (Å²) in [5, 5.41) is 4.39. The Bertz CT molecular complexity index is 459. The van der Waals surface area contributed by atoms with Gasteiger partial charge in [-0.1, -0.05) is 63.4 Å². The SMILES string of the molecule is CC(C)C(=NNC(=O)C1CCCCC1)c1ccccc1.